The maximum Gasteiger partial charge on any atom is 0.242 e. The zero-order valence-electron chi connectivity index (χ0n) is 29.3. The van der Waals surface area contributed by atoms with E-state index in [1.54, 1.807) is 6.07 Å². The number of benzene rings is 2. The number of hydrogen-bond acceptors (Lipinski definition) is 7. The second-order valence-corrected chi connectivity index (χ2v) is 13.3. The topological polar surface area (TPSA) is 123 Å². The van der Waals surface area contributed by atoms with E-state index in [1.165, 1.54) is 17.3 Å². The number of allylic oxidation sites excluding steroid dienone is 2. The molecule has 0 saturated carbocycles. The van der Waals surface area contributed by atoms with Gasteiger partial charge in [0.15, 0.2) is 0 Å². The Hall–Kier alpha value is -3.67. The molecule has 2 atom stereocenters. The maximum absolute atomic E-state index is 14.1. The highest BCUT2D eigenvalue weighted by atomic mass is 19.1. The molecule has 48 heavy (non-hydrogen) atoms. The van der Waals surface area contributed by atoms with Crippen LogP contribution in [-0.2, 0) is 11.2 Å². The number of aliphatic hydroxyl groups excluding tert-OH is 1. The summed E-state index contributed by atoms with van der Waals surface area (Å²) in [5.41, 5.74) is 17.6. The summed E-state index contributed by atoms with van der Waals surface area (Å²) < 4.78 is 14.7. The monoisotopic (exact) mass is 661 g/mol. The van der Waals surface area contributed by atoms with E-state index in [0.29, 0.717) is 42.2 Å². The Kier molecular flexibility index (Phi) is 13.3. The number of nitrogens with two attached hydrogens (primary N) is 1. The van der Waals surface area contributed by atoms with Gasteiger partial charge in [-0.1, -0.05) is 43.7 Å². The molecule has 2 unspecified atom stereocenters. The Morgan fingerprint density at radius 2 is 1.81 bits per heavy atom. The van der Waals surface area contributed by atoms with Crippen LogP contribution in [-0.4, -0.2) is 71.4 Å². The number of anilines is 1. The quantitative estimate of drug-likeness (QED) is 0.0762. The number of quaternary nitrogens is 1. The average Bonchev–Trinajstić information content (AvgIpc) is 3.18. The van der Waals surface area contributed by atoms with Gasteiger partial charge in [0.25, 0.3) is 0 Å². The van der Waals surface area contributed by atoms with Gasteiger partial charge in [-0.3, -0.25) is 4.79 Å². The molecule has 0 saturated heterocycles. The van der Waals surface area contributed by atoms with Gasteiger partial charge in [-0.25, -0.2) is 13.9 Å². The van der Waals surface area contributed by atoms with E-state index in [4.69, 9.17) is 15.9 Å². The number of halogens is 1. The number of amidine groups is 1. The van der Waals surface area contributed by atoms with Crippen molar-refractivity contribution < 1.29 is 24.0 Å². The molecule has 6 N–H and O–H groups in total. The molecule has 0 bridgehead atoms. The van der Waals surface area contributed by atoms with Gasteiger partial charge in [0, 0.05) is 49.8 Å². The smallest absolute Gasteiger partial charge is 0.242 e. The summed E-state index contributed by atoms with van der Waals surface area (Å²) in [6.45, 7) is 8.81. The molecule has 10 heteroatoms. The van der Waals surface area contributed by atoms with E-state index in [1.807, 2.05) is 36.8 Å². The fourth-order valence-electron chi connectivity index (χ4n) is 6.86. The number of aliphatic imine (C=N–C) groups is 1. The Morgan fingerprint density at radius 1 is 1.08 bits per heavy atom. The van der Waals surface area contributed by atoms with Gasteiger partial charge >= 0.3 is 0 Å². The summed E-state index contributed by atoms with van der Waals surface area (Å²) in [5.74, 6) is 0.657. The molecular weight excluding hydrogens is 607 g/mol. The molecule has 2 heterocycles. The van der Waals surface area contributed by atoms with Crippen molar-refractivity contribution in [3.05, 3.63) is 93.7 Å². The molecule has 0 spiro atoms. The molecular formula is C38H54FN6O3+. The Bertz CT molecular complexity index is 1560. The van der Waals surface area contributed by atoms with Gasteiger partial charge in [-0.05, 0) is 87.5 Å². The summed E-state index contributed by atoms with van der Waals surface area (Å²) in [6.07, 6.45) is 7.06. The zero-order valence-corrected chi connectivity index (χ0v) is 29.3. The lowest BCUT2D eigenvalue weighted by Gasteiger charge is -2.32. The van der Waals surface area contributed by atoms with Crippen LogP contribution < -0.4 is 16.5 Å². The van der Waals surface area contributed by atoms with Crippen molar-refractivity contribution in [2.45, 2.75) is 84.8 Å². The minimum atomic E-state index is -0.903. The number of hydrogen-bond donors (Lipinski definition) is 5. The lowest BCUT2D eigenvalue weighted by atomic mass is 9.94. The third-order valence-corrected chi connectivity index (χ3v) is 9.54. The largest absolute Gasteiger partial charge is 0.401 e. The van der Waals surface area contributed by atoms with E-state index in [0.717, 1.165) is 84.8 Å². The number of likely N-dealkylation sites (N-methyl/N-ethyl adjacent to an activating group) is 1. The number of nitrogens with one attached hydrogen (secondary N) is 2. The van der Waals surface area contributed by atoms with Gasteiger partial charge in [-0.2, -0.15) is 5.48 Å². The summed E-state index contributed by atoms with van der Waals surface area (Å²) in [4.78, 5) is 20.1. The summed E-state index contributed by atoms with van der Waals surface area (Å²) in [5, 5.41) is 21.4. The van der Waals surface area contributed by atoms with Crippen molar-refractivity contribution in [1.29, 1.82) is 0 Å². The number of aryl methyl sites for hydroxylation is 2. The van der Waals surface area contributed by atoms with Gasteiger partial charge in [0.2, 0.25) is 11.7 Å². The Labute approximate surface area is 285 Å². The molecule has 1 amide bonds. The number of fused-ring (bicyclic) bond motifs is 1. The van der Waals surface area contributed by atoms with Gasteiger partial charge in [0.05, 0.1) is 24.7 Å². The van der Waals surface area contributed by atoms with E-state index in [2.05, 4.69) is 50.3 Å². The molecule has 9 nitrogen and oxygen atoms in total. The van der Waals surface area contributed by atoms with Crippen molar-refractivity contribution in [3.63, 3.8) is 0 Å². The van der Waals surface area contributed by atoms with E-state index < -0.39 is 6.23 Å². The molecule has 260 valence electrons. The number of hydroxylamine groups is 1. The first kappa shape index (κ1) is 37.2. The first-order chi connectivity index (χ1) is 23.0. The van der Waals surface area contributed by atoms with Crippen LogP contribution in [0, 0.1) is 12.7 Å². The molecule has 0 aliphatic carbocycles. The molecule has 0 fully saturated rings. The van der Waals surface area contributed by atoms with Crippen molar-refractivity contribution in [1.82, 2.24) is 10.4 Å². The van der Waals surface area contributed by atoms with Crippen molar-refractivity contribution in [3.8, 4) is 0 Å². The highest BCUT2D eigenvalue weighted by molar-refractivity contribution is 6.14. The first-order valence-corrected chi connectivity index (χ1v) is 17.3. The zero-order chi connectivity index (χ0) is 34.8. The van der Waals surface area contributed by atoms with Crippen LogP contribution >= 0.6 is 0 Å². The van der Waals surface area contributed by atoms with Crippen molar-refractivity contribution >= 4 is 23.0 Å². The SMILES string of the molecule is CCC1=CN=C2C(=C(N)C1)C(c1ccc(NC(=O)CCCc3cc(C)ccc3F)cc1)=C(CC)[N+]2(C)CCCN(C)CCCC(O)NO. The third-order valence-electron chi connectivity index (χ3n) is 9.54. The van der Waals surface area contributed by atoms with Crippen LogP contribution in [0.2, 0.25) is 0 Å². The normalized spacial score (nSPS) is 18.5. The Morgan fingerprint density at radius 3 is 2.50 bits per heavy atom. The third kappa shape index (κ3) is 9.06. The van der Waals surface area contributed by atoms with E-state index in [-0.39, 0.29) is 11.7 Å². The second-order valence-electron chi connectivity index (χ2n) is 13.3. The lowest BCUT2D eigenvalue weighted by Crippen LogP contribution is -2.47. The predicted octanol–water partition coefficient (Wildman–Crippen LogP) is 6.39. The highest BCUT2D eigenvalue weighted by Gasteiger charge is 2.47. The van der Waals surface area contributed by atoms with Crippen LogP contribution in [0.5, 0.6) is 0 Å². The average molecular weight is 662 g/mol. The standard InChI is InChI=1S/C38H53FN6O3/c1-6-27-24-32(40)37-36(28-15-17-30(18-16-28)42-34(46)12-8-11-29-23-26(3)14-19-31(29)39)33(7-2)45(5,38(37)41-25-27)22-10-21-44(4)20-9-13-35(47)43-48/h14-19,23,25,35,43,47-48H,6-13,20-22,24H2,1-5H3,(H2-,40,41,42,46)/p+1. The second kappa shape index (κ2) is 17.1. The van der Waals surface area contributed by atoms with E-state index in [9.17, 15) is 14.3 Å². The van der Waals surface area contributed by atoms with Crippen LogP contribution in [0.4, 0.5) is 10.1 Å². The molecule has 2 aromatic rings. The van der Waals surface area contributed by atoms with Gasteiger partial charge in [-0.15, -0.1) is 0 Å². The van der Waals surface area contributed by atoms with Crippen LogP contribution in [0.15, 0.2) is 76.2 Å². The highest BCUT2D eigenvalue weighted by Crippen LogP contribution is 2.46. The fraction of sp³-hybridized carbons (Fsp3) is 0.474. The van der Waals surface area contributed by atoms with Crippen molar-refractivity contribution in [2.75, 3.05) is 39.0 Å². The molecule has 0 radical (unpaired) electrons. The summed E-state index contributed by atoms with van der Waals surface area (Å²) in [7, 11) is 4.32. The molecule has 0 aromatic heterocycles. The van der Waals surface area contributed by atoms with Crippen LogP contribution in [0.3, 0.4) is 0 Å². The number of carbonyl (C=O) groups excluding carboxylic acids is 1. The molecule has 2 aliphatic heterocycles. The van der Waals surface area contributed by atoms with Gasteiger partial charge in [0.1, 0.15) is 17.7 Å². The minimum absolute atomic E-state index is 0.0936. The summed E-state index contributed by atoms with van der Waals surface area (Å²) in [6, 6.07) is 13.1. The van der Waals surface area contributed by atoms with Crippen LogP contribution in [0.25, 0.3) is 5.57 Å². The number of amides is 1. The predicted molar refractivity (Wildman–Crippen MR) is 191 cm³/mol. The first-order valence-electron chi connectivity index (χ1n) is 17.3. The van der Waals surface area contributed by atoms with Crippen molar-refractivity contribution in [2.24, 2.45) is 10.7 Å². The molecule has 4 rings (SSSR count). The van der Waals surface area contributed by atoms with Crippen LogP contribution in [0.1, 0.15) is 81.9 Å². The number of rotatable bonds is 17. The number of nitrogens with zero attached hydrogens (tertiary/aromatic N) is 3. The maximum atomic E-state index is 14.1. The molecule has 2 aromatic carbocycles. The number of aliphatic hydroxyl groups is 1. The number of carbonyl (C=O) groups is 1. The Balaban J connectivity index is 1.51. The summed E-state index contributed by atoms with van der Waals surface area (Å²) >= 11 is 0. The van der Waals surface area contributed by atoms with Gasteiger partial charge < -0.3 is 26.3 Å². The fourth-order valence-corrected chi connectivity index (χ4v) is 6.86. The lowest BCUT2D eigenvalue weighted by molar-refractivity contribution is -0.778. The molecule has 2 aliphatic rings. The van der Waals surface area contributed by atoms with E-state index >= 15 is 0 Å². The minimum Gasteiger partial charge on any atom is -0.401 e.